The Morgan fingerprint density at radius 1 is 1.83 bits per heavy atom. The molecular formula is C7H13N3O2. The van der Waals surface area contributed by atoms with Crippen LogP contribution in [0.1, 0.15) is 13.3 Å². The second-order valence-electron chi connectivity index (χ2n) is 3.03. The summed E-state index contributed by atoms with van der Waals surface area (Å²) >= 11 is 0. The topological polar surface area (TPSA) is 78.9 Å². The second-order valence-corrected chi connectivity index (χ2v) is 3.03. The first kappa shape index (κ1) is 8.83. The van der Waals surface area contributed by atoms with Crippen molar-refractivity contribution in [3.05, 3.63) is 0 Å². The Hall–Kier alpha value is -1.26. The average Bonchev–Trinajstić information content (AvgIpc) is 2.04. The van der Waals surface area contributed by atoms with Crippen molar-refractivity contribution in [1.82, 2.24) is 4.90 Å². The van der Waals surface area contributed by atoms with Crippen LogP contribution in [-0.2, 0) is 0 Å². The van der Waals surface area contributed by atoms with Gasteiger partial charge in [0.2, 0.25) is 0 Å². The van der Waals surface area contributed by atoms with Gasteiger partial charge in [0.1, 0.15) is 0 Å². The number of primary amides is 1. The van der Waals surface area contributed by atoms with Crippen LogP contribution in [0.3, 0.4) is 0 Å². The van der Waals surface area contributed by atoms with Crippen LogP contribution in [0.15, 0.2) is 5.16 Å². The van der Waals surface area contributed by atoms with Gasteiger partial charge in [-0.25, -0.2) is 4.79 Å². The summed E-state index contributed by atoms with van der Waals surface area (Å²) in [6, 6.07) is -0.404. The van der Waals surface area contributed by atoms with Gasteiger partial charge in [0.15, 0.2) is 0 Å². The first-order chi connectivity index (χ1) is 5.65. The van der Waals surface area contributed by atoms with Crippen LogP contribution in [-0.4, -0.2) is 34.9 Å². The number of hydrogen-bond acceptors (Lipinski definition) is 3. The van der Waals surface area contributed by atoms with Crippen molar-refractivity contribution in [2.75, 3.05) is 13.1 Å². The van der Waals surface area contributed by atoms with Crippen molar-refractivity contribution in [3.8, 4) is 0 Å². The highest BCUT2D eigenvalue weighted by Gasteiger charge is 2.24. The summed E-state index contributed by atoms with van der Waals surface area (Å²) in [4.78, 5) is 12.3. The minimum atomic E-state index is -0.404. The predicted octanol–water partition coefficient (Wildman–Crippen LogP) is 0.237. The highest BCUT2D eigenvalue weighted by Crippen LogP contribution is 2.12. The van der Waals surface area contributed by atoms with Gasteiger partial charge >= 0.3 is 6.03 Å². The summed E-state index contributed by atoms with van der Waals surface area (Å²) in [5.74, 6) is 0.108. The summed E-state index contributed by atoms with van der Waals surface area (Å²) < 4.78 is 0. The number of carbonyl (C=O) groups excluding carboxylic acids is 1. The monoisotopic (exact) mass is 171 g/mol. The molecule has 12 heavy (non-hydrogen) atoms. The van der Waals surface area contributed by atoms with E-state index in [1.54, 1.807) is 4.90 Å². The molecule has 1 rings (SSSR count). The van der Waals surface area contributed by atoms with Crippen molar-refractivity contribution < 1.29 is 10.0 Å². The van der Waals surface area contributed by atoms with Crippen LogP contribution in [0, 0.1) is 5.92 Å². The summed E-state index contributed by atoms with van der Waals surface area (Å²) in [5.41, 5.74) is 5.84. The average molecular weight is 171 g/mol. The molecule has 5 heteroatoms. The molecule has 0 saturated carbocycles. The molecule has 1 unspecified atom stereocenters. The van der Waals surface area contributed by atoms with Crippen molar-refractivity contribution >= 4 is 11.7 Å². The standard InChI is InChI=1S/C7H13N3O2/c1-5-4-10(7(8)11)3-2-6(5)9-12/h5,12H,2-4H2,1H3,(H2,8,11). The van der Waals surface area contributed by atoms with Gasteiger partial charge in [-0.2, -0.15) is 0 Å². The van der Waals surface area contributed by atoms with E-state index in [2.05, 4.69) is 5.16 Å². The molecule has 0 spiro atoms. The number of likely N-dealkylation sites (tertiary alicyclic amines) is 1. The Balaban J connectivity index is 2.57. The van der Waals surface area contributed by atoms with E-state index < -0.39 is 6.03 Å². The molecule has 1 heterocycles. The van der Waals surface area contributed by atoms with Crippen molar-refractivity contribution in [2.45, 2.75) is 13.3 Å². The second kappa shape index (κ2) is 3.42. The quantitative estimate of drug-likeness (QED) is 0.404. The van der Waals surface area contributed by atoms with E-state index in [0.717, 1.165) is 5.71 Å². The van der Waals surface area contributed by atoms with E-state index in [9.17, 15) is 4.79 Å². The van der Waals surface area contributed by atoms with Crippen LogP contribution in [0.5, 0.6) is 0 Å². The third kappa shape index (κ3) is 1.66. The zero-order valence-corrected chi connectivity index (χ0v) is 7.03. The third-order valence-corrected chi connectivity index (χ3v) is 2.14. The lowest BCUT2D eigenvalue weighted by Crippen LogP contribution is -2.45. The van der Waals surface area contributed by atoms with Crippen molar-refractivity contribution in [3.63, 3.8) is 0 Å². The normalized spacial score (nSPS) is 27.6. The van der Waals surface area contributed by atoms with Gasteiger partial charge in [-0.1, -0.05) is 12.1 Å². The van der Waals surface area contributed by atoms with Gasteiger partial charge in [0, 0.05) is 25.4 Å². The zero-order valence-electron chi connectivity index (χ0n) is 7.03. The number of hydrogen-bond donors (Lipinski definition) is 2. The molecule has 0 aromatic rings. The Morgan fingerprint density at radius 3 is 2.92 bits per heavy atom. The predicted molar refractivity (Wildman–Crippen MR) is 44.2 cm³/mol. The van der Waals surface area contributed by atoms with Gasteiger partial charge in [-0.15, -0.1) is 0 Å². The lowest BCUT2D eigenvalue weighted by atomic mass is 9.98. The van der Waals surface area contributed by atoms with Gasteiger partial charge in [-0.05, 0) is 0 Å². The maximum Gasteiger partial charge on any atom is 0.314 e. The molecule has 1 atom stereocenters. The van der Waals surface area contributed by atoms with Gasteiger partial charge in [0.25, 0.3) is 0 Å². The molecule has 5 nitrogen and oxygen atoms in total. The maximum atomic E-state index is 10.7. The largest absolute Gasteiger partial charge is 0.411 e. The third-order valence-electron chi connectivity index (χ3n) is 2.14. The molecular weight excluding hydrogens is 158 g/mol. The Morgan fingerprint density at radius 2 is 2.50 bits per heavy atom. The van der Waals surface area contributed by atoms with E-state index in [-0.39, 0.29) is 5.92 Å². The minimum Gasteiger partial charge on any atom is -0.411 e. The summed E-state index contributed by atoms with van der Waals surface area (Å²) in [7, 11) is 0. The van der Waals surface area contributed by atoms with Gasteiger partial charge in [-0.3, -0.25) is 0 Å². The molecule has 1 saturated heterocycles. The zero-order chi connectivity index (χ0) is 9.14. The molecule has 0 radical (unpaired) electrons. The first-order valence-electron chi connectivity index (χ1n) is 3.90. The van der Waals surface area contributed by atoms with Crippen LogP contribution >= 0.6 is 0 Å². The summed E-state index contributed by atoms with van der Waals surface area (Å²) in [5, 5.41) is 11.7. The molecule has 0 aromatic carbocycles. The van der Waals surface area contributed by atoms with Crippen molar-refractivity contribution in [1.29, 1.82) is 0 Å². The number of oxime groups is 1. The smallest absolute Gasteiger partial charge is 0.314 e. The Kier molecular flexibility index (Phi) is 2.52. The Bertz CT molecular complexity index is 215. The molecule has 2 amide bonds. The molecule has 1 fully saturated rings. The fourth-order valence-corrected chi connectivity index (χ4v) is 1.37. The molecule has 3 N–H and O–H groups in total. The van der Waals surface area contributed by atoms with Crippen LogP contribution in [0.4, 0.5) is 4.79 Å². The first-order valence-corrected chi connectivity index (χ1v) is 3.90. The highest BCUT2D eigenvalue weighted by atomic mass is 16.4. The summed E-state index contributed by atoms with van der Waals surface area (Å²) in [6.07, 6.45) is 0.612. The van der Waals surface area contributed by atoms with Gasteiger partial charge < -0.3 is 15.8 Å². The maximum absolute atomic E-state index is 10.7. The van der Waals surface area contributed by atoms with E-state index in [1.807, 2.05) is 6.92 Å². The number of urea groups is 1. The fraction of sp³-hybridized carbons (Fsp3) is 0.714. The number of nitrogens with two attached hydrogens (primary N) is 1. The number of amides is 2. The number of carbonyl (C=O) groups is 1. The molecule has 0 aliphatic carbocycles. The van der Waals surface area contributed by atoms with E-state index in [4.69, 9.17) is 10.9 Å². The number of nitrogens with zero attached hydrogens (tertiary/aromatic N) is 2. The van der Waals surface area contributed by atoms with E-state index in [1.165, 1.54) is 0 Å². The van der Waals surface area contributed by atoms with E-state index in [0.29, 0.717) is 19.5 Å². The number of piperidine rings is 1. The van der Waals surface area contributed by atoms with E-state index >= 15 is 0 Å². The van der Waals surface area contributed by atoms with Gasteiger partial charge in [0.05, 0.1) is 5.71 Å². The fourth-order valence-electron chi connectivity index (χ4n) is 1.37. The molecule has 0 bridgehead atoms. The van der Waals surface area contributed by atoms with Crippen molar-refractivity contribution in [2.24, 2.45) is 16.8 Å². The molecule has 68 valence electrons. The lowest BCUT2D eigenvalue weighted by molar-refractivity contribution is 0.199. The molecule has 0 aromatic heterocycles. The van der Waals surface area contributed by atoms with Crippen LogP contribution < -0.4 is 5.73 Å². The van der Waals surface area contributed by atoms with Crippen LogP contribution in [0.25, 0.3) is 0 Å². The molecule has 1 aliphatic heterocycles. The number of rotatable bonds is 0. The van der Waals surface area contributed by atoms with Crippen LogP contribution in [0.2, 0.25) is 0 Å². The minimum absolute atomic E-state index is 0.108. The molecule has 1 aliphatic rings. The SMILES string of the molecule is CC1CN(C(N)=O)CCC1=NO. The Labute approximate surface area is 70.8 Å². The lowest BCUT2D eigenvalue weighted by Gasteiger charge is -2.29. The highest BCUT2D eigenvalue weighted by molar-refractivity contribution is 5.88. The summed E-state index contributed by atoms with van der Waals surface area (Å²) in [6.45, 7) is 3.01.